The van der Waals surface area contributed by atoms with Gasteiger partial charge in [0.25, 0.3) is 12.3 Å². The van der Waals surface area contributed by atoms with Gasteiger partial charge in [0.15, 0.2) is 0 Å². The molecule has 31 heavy (non-hydrogen) atoms. The van der Waals surface area contributed by atoms with Gasteiger partial charge in [-0.15, -0.1) is 0 Å². The van der Waals surface area contributed by atoms with Gasteiger partial charge in [-0.3, -0.25) is 4.79 Å². The van der Waals surface area contributed by atoms with E-state index in [-0.39, 0.29) is 29.4 Å². The molecule has 1 aromatic carbocycles. The molecule has 8 nitrogen and oxygen atoms in total. The fraction of sp³-hybridized carbons (Fsp3) is 0.200. The van der Waals surface area contributed by atoms with E-state index in [0.29, 0.717) is 11.0 Å². The lowest BCUT2D eigenvalue weighted by Crippen LogP contribution is -2.46. The number of benzene rings is 1. The van der Waals surface area contributed by atoms with Gasteiger partial charge in [0, 0.05) is 17.3 Å². The molecular weight excluding hydrogens is 413 g/mol. The highest BCUT2D eigenvalue weighted by atomic mass is 19.3. The van der Waals surface area contributed by atoms with Gasteiger partial charge >= 0.3 is 0 Å². The van der Waals surface area contributed by atoms with Crippen LogP contribution in [-0.4, -0.2) is 51.9 Å². The van der Waals surface area contributed by atoms with Crippen molar-refractivity contribution >= 4 is 28.5 Å². The average Bonchev–Trinajstić information content (AvgIpc) is 3.18. The summed E-state index contributed by atoms with van der Waals surface area (Å²) in [7, 11) is 0. The zero-order valence-corrected chi connectivity index (χ0v) is 15.8. The van der Waals surface area contributed by atoms with Gasteiger partial charge in [-0.2, -0.15) is 0 Å². The van der Waals surface area contributed by atoms with Crippen molar-refractivity contribution in [2.75, 3.05) is 18.5 Å². The van der Waals surface area contributed by atoms with Crippen molar-refractivity contribution in [2.24, 2.45) is 10.7 Å². The number of ether oxygens (including phenoxy) is 1. The fourth-order valence-corrected chi connectivity index (χ4v) is 2.93. The van der Waals surface area contributed by atoms with Crippen molar-refractivity contribution in [2.45, 2.75) is 12.0 Å². The Morgan fingerprint density at radius 1 is 1.35 bits per heavy atom. The van der Waals surface area contributed by atoms with Crippen molar-refractivity contribution in [3.05, 3.63) is 53.9 Å². The van der Waals surface area contributed by atoms with E-state index in [1.54, 1.807) is 12.3 Å². The van der Waals surface area contributed by atoms with E-state index < -0.39 is 30.3 Å². The fourth-order valence-electron chi connectivity index (χ4n) is 2.93. The Morgan fingerprint density at radius 3 is 2.94 bits per heavy atom. The maximum absolute atomic E-state index is 14.2. The second kappa shape index (κ2) is 8.08. The van der Waals surface area contributed by atoms with E-state index >= 15 is 0 Å². The topological polar surface area (TPSA) is 118 Å². The van der Waals surface area contributed by atoms with E-state index in [4.69, 9.17) is 10.5 Å². The third kappa shape index (κ3) is 4.19. The first-order chi connectivity index (χ1) is 14.9. The van der Waals surface area contributed by atoms with Crippen molar-refractivity contribution < 1.29 is 22.7 Å². The SMILES string of the molecule is NC1=N[C@@](C#Cc2cc(NC(=O)c3cc4cncnc4[nH]3)ccc2F)(C(F)F)COC1. The minimum absolute atomic E-state index is 0.0780. The maximum atomic E-state index is 14.2. The predicted octanol–water partition coefficient (Wildman–Crippen LogP) is 2.09. The smallest absolute Gasteiger partial charge is 0.276 e. The van der Waals surface area contributed by atoms with Crippen molar-refractivity contribution in [1.82, 2.24) is 15.0 Å². The van der Waals surface area contributed by atoms with Crippen molar-refractivity contribution in [1.29, 1.82) is 0 Å². The molecule has 0 fully saturated rings. The molecule has 0 saturated carbocycles. The first kappa shape index (κ1) is 20.4. The highest BCUT2D eigenvalue weighted by molar-refractivity contribution is 6.05. The second-order valence-corrected chi connectivity index (χ2v) is 6.73. The summed E-state index contributed by atoms with van der Waals surface area (Å²) >= 11 is 0. The van der Waals surface area contributed by atoms with Crippen LogP contribution in [0.4, 0.5) is 18.9 Å². The number of alkyl halides is 2. The summed E-state index contributed by atoms with van der Waals surface area (Å²) in [5.74, 6) is 3.29. The minimum atomic E-state index is -2.99. The molecule has 0 radical (unpaired) electrons. The number of hydrogen-bond acceptors (Lipinski definition) is 6. The Hall–Kier alpha value is -3.91. The molecule has 0 spiro atoms. The lowest BCUT2D eigenvalue weighted by Gasteiger charge is -2.27. The molecule has 1 atom stereocenters. The summed E-state index contributed by atoms with van der Waals surface area (Å²) in [6, 6.07) is 5.19. The van der Waals surface area contributed by atoms with E-state index in [1.807, 2.05) is 0 Å². The molecule has 4 N–H and O–H groups in total. The third-order valence-corrected chi connectivity index (χ3v) is 4.45. The number of hydrogen-bond donors (Lipinski definition) is 3. The number of H-pyrrole nitrogens is 1. The van der Waals surface area contributed by atoms with Gasteiger partial charge in [-0.1, -0.05) is 11.8 Å². The Labute approximate surface area is 173 Å². The molecule has 11 heteroatoms. The molecule has 3 heterocycles. The number of nitrogens with one attached hydrogen (secondary N) is 2. The van der Waals surface area contributed by atoms with Crippen LogP contribution in [0.2, 0.25) is 0 Å². The van der Waals surface area contributed by atoms with E-state index in [9.17, 15) is 18.0 Å². The zero-order chi connectivity index (χ0) is 22.0. The summed E-state index contributed by atoms with van der Waals surface area (Å²) in [5.41, 5.74) is 4.04. The Balaban J connectivity index is 1.60. The van der Waals surface area contributed by atoms with Crippen molar-refractivity contribution in [3.8, 4) is 11.8 Å². The number of anilines is 1. The maximum Gasteiger partial charge on any atom is 0.276 e. The lowest BCUT2D eigenvalue weighted by atomic mass is 10.0. The molecule has 2 aromatic heterocycles. The number of halogens is 3. The Kier molecular flexibility index (Phi) is 5.31. The lowest BCUT2D eigenvalue weighted by molar-refractivity contribution is 0.0187. The number of carbonyl (C=O) groups is 1. The summed E-state index contributed by atoms with van der Waals surface area (Å²) in [6.07, 6.45) is -0.105. The van der Waals surface area contributed by atoms with E-state index in [0.717, 1.165) is 6.07 Å². The van der Waals surface area contributed by atoms with Crippen LogP contribution in [0, 0.1) is 17.7 Å². The van der Waals surface area contributed by atoms with Gasteiger partial charge < -0.3 is 20.8 Å². The summed E-state index contributed by atoms with van der Waals surface area (Å²) < 4.78 is 46.4. The number of fused-ring (bicyclic) bond motifs is 1. The molecule has 0 saturated heterocycles. The second-order valence-electron chi connectivity index (χ2n) is 6.73. The normalized spacial score (nSPS) is 18.4. The monoisotopic (exact) mass is 428 g/mol. The molecule has 0 unspecified atom stereocenters. The number of aromatic nitrogens is 3. The molecule has 1 aliphatic heterocycles. The first-order valence-corrected chi connectivity index (χ1v) is 8.99. The van der Waals surface area contributed by atoms with Crippen LogP contribution in [0.3, 0.4) is 0 Å². The summed E-state index contributed by atoms with van der Waals surface area (Å²) in [5, 5.41) is 3.23. The number of amidine groups is 1. The molecule has 0 bridgehead atoms. The van der Waals surface area contributed by atoms with Crippen LogP contribution in [0.25, 0.3) is 11.0 Å². The highest BCUT2D eigenvalue weighted by Gasteiger charge is 2.41. The molecule has 1 amide bonds. The van der Waals surface area contributed by atoms with Crippen LogP contribution in [-0.2, 0) is 4.74 Å². The Morgan fingerprint density at radius 2 is 2.19 bits per heavy atom. The zero-order valence-electron chi connectivity index (χ0n) is 15.8. The average molecular weight is 428 g/mol. The Bertz CT molecular complexity index is 1210. The summed E-state index contributed by atoms with van der Waals surface area (Å²) in [4.78, 5) is 26.9. The standard InChI is InChI=1S/C20H15F3N6O2/c21-14-2-1-13(27-18(30)15-6-12-7-25-10-26-17(12)28-15)5-11(14)3-4-20(19(22)23)9-31-8-16(24)29-20/h1-2,5-7,10,19H,8-9H2,(H2,24,29)(H,27,30)(H,25,26,28)/t20-/m1/s1. The molecule has 4 rings (SSSR count). The predicted molar refractivity (Wildman–Crippen MR) is 106 cm³/mol. The number of rotatable bonds is 3. The third-order valence-electron chi connectivity index (χ3n) is 4.45. The molecular formula is C20H15F3N6O2. The minimum Gasteiger partial charge on any atom is -0.385 e. The number of aromatic amines is 1. The van der Waals surface area contributed by atoms with E-state index in [2.05, 4.69) is 37.1 Å². The number of carbonyl (C=O) groups excluding carboxylic acids is 1. The van der Waals surface area contributed by atoms with Gasteiger partial charge in [-0.25, -0.2) is 28.1 Å². The number of aliphatic imine (C=N–C) groups is 1. The van der Waals surface area contributed by atoms with Crippen LogP contribution in [0.15, 0.2) is 41.8 Å². The van der Waals surface area contributed by atoms with Gasteiger partial charge in [0.1, 0.15) is 35.9 Å². The quantitative estimate of drug-likeness (QED) is 0.552. The van der Waals surface area contributed by atoms with Gasteiger partial charge in [-0.05, 0) is 24.3 Å². The van der Waals surface area contributed by atoms with Crippen molar-refractivity contribution in [3.63, 3.8) is 0 Å². The van der Waals surface area contributed by atoms with Gasteiger partial charge in [0.05, 0.1) is 12.2 Å². The number of nitrogens with zero attached hydrogens (tertiary/aromatic N) is 3. The molecule has 3 aromatic rings. The van der Waals surface area contributed by atoms with Crippen LogP contribution >= 0.6 is 0 Å². The molecule has 1 aliphatic rings. The van der Waals surface area contributed by atoms with Crippen LogP contribution in [0.1, 0.15) is 16.1 Å². The van der Waals surface area contributed by atoms with E-state index in [1.165, 1.54) is 18.5 Å². The molecule has 0 aliphatic carbocycles. The molecule has 158 valence electrons. The van der Waals surface area contributed by atoms with Crippen LogP contribution in [0.5, 0.6) is 0 Å². The first-order valence-electron chi connectivity index (χ1n) is 8.99. The summed E-state index contributed by atoms with van der Waals surface area (Å²) in [6.45, 7) is -0.551. The largest absolute Gasteiger partial charge is 0.385 e. The number of amides is 1. The highest BCUT2D eigenvalue weighted by Crippen LogP contribution is 2.24. The number of nitrogens with two attached hydrogens (primary N) is 1. The van der Waals surface area contributed by atoms with Crippen LogP contribution < -0.4 is 11.1 Å². The van der Waals surface area contributed by atoms with Gasteiger partial charge in [0.2, 0.25) is 5.54 Å².